The van der Waals surface area contributed by atoms with Crippen molar-refractivity contribution in [3.8, 4) is 6.07 Å². The average molecular weight is 380 g/mol. The number of para-hydroxylation sites is 1. The Bertz CT molecular complexity index is 1090. The summed E-state index contributed by atoms with van der Waals surface area (Å²) >= 11 is 5.93. The van der Waals surface area contributed by atoms with Gasteiger partial charge in [-0.15, -0.1) is 0 Å². The minimum Gasteiger partial charge on any atom is -0.452 e. The smallest absolute Gasteiger partial charge is 0.339 e. The number of halogens is 1. The first-order valence-electron chi connectivity index (χ1n) is 8.01. The maximum atomic E-state index is 12.4. The van der Waals surface area contributed by atoms with Gasteiger partial charge in [0.2, 0.25) is 0 Å². The third kappa shape index (κ3) is 4.22. The molecule has 7 heteroatoms. The van der Waals surface area contributed by atoms with E-state index in [0.29, 0.717) is 33.4 Å². The summed E-state index contributed by atoms with van der Waals surface area (Å²) in [7, 11) is 0. The van der Waals surface area contributed by atoms with Gasteiger partial charge in [0.05, 0.1) is 21.7 Å². The van der Waals surface area contributed by atoms with Crippen molar-refractivity contribution in [2.24, 2.45) is 0 Å². The number of aromatic nitrogens is 1. The predicted molar refractivity (Wildman–Crippen MR) is 102 cm³/mol. The van der Waals surface area contributed by atoms with Gasteiger partial charge in [-0.3, -0.25) is 9.78 Å². The summed E-state index contributed by atoms with van der Waals surface area (Å²) in [5.41, 5.74) is 2.43. The molecule has 0 atom stereocenters. The van der Waals surface area contributed by atoms with Gasteiger partial charge in [0, 0.05) is 16.8 Å². The van der Waals surface area contributed by atoms with Crippen LogP contribution in [0.25, 0.3) is 10.9 Å². The normalized spacial score (nSPS) is 10.3. The lowest BCUT2D eigenvalue weighted by Gasteiger charge is -2.09. The molecular weight excluding hydrogens is 366 g/mol. The van der Waals surface area contributed by atoms with Crippen molar-refractivity contribution in [3.05, 3.63) is 70.4 Å². The molecule has 0 saturated carbocycles. The molecule has 1 N–H and O–H groups in total. The highest BCUT2D eigenvalue weighted by molar-refractivity contribution is 6.32. The Morgan fingerprint density at radius 1 is 1.22 bits per heavy atom. The number of carbonyl (C=O) groups excluding carboxylic acids is 2. The lowest BCUT2D eigenvalue weighted by Crippen LogP contribution is -2.21. The summed E-state index contributed by atoms with van der Waals surface area (Å²) in [6.45, 7) is 1.33. The van der Waals surface area contributed by atoms with Crippen molar-refractivity contribution in [1.29, 1.82) is 5.26 Å². The van der Waals surface area contributed by atoms with E-state index >= 15 is 0 Å². The van der Waals surface area contributed by atoms with Crippen LogP contribution in [0.15, 0.2) is 48.5 Å². The van der Waals surface area contributed by atoms with Crippen molar-refractivity contribution < 1.29 is 14.3 Å². The number of anilines is 1. The number of carbonyl (C=O) groups is 2. The van der Waals surface area contributed by atoms with Crippen LogP contribution in [0, 0.1) is 18.3 Å². The zero-order chi connectivity index (χ0) is 19.4. The summed E-state index contributed by atoms with van der Waals surface area (Å²) in [5.74, 6) is -1.12. The largest absolute Gasteiger partial charge is 0.452 e. The number of nitrogens with one attached hydrogen (secondary N) is 1. The van der Waals surface area contributed by atoms with Crippen LogP contribution < -0.4 is 5.32 Å². The number of ether oxygens (including phenoxy) is 1. The maximum absolute atomic E-state index is 12.4. The minimum atomic E-state index is -0.607. The molecule has 0 aliphatic rings. The van der Waals surface area contributed by atoms with E-state index in [1.54, 1.807) is 37.3 Å². The first-order valence-corrected chi connectivity index (χ1v) is 8.39. The van der Waals surface area contributed by atoms with Crippen LogP contribution in [0.2, 0.25) is 5.02 Å². The first kappa shape index (κ1) is 18.4. The molecule has 0 unspecified atom stereocenters. The lowest BCUT2D eigenvalue weighted by molar-refractivity contribution is -0.119. The fraction of sp³-hybridized carbons (Fsp3) is 0.100. The molecular formula is C20H14ClN3O3. The molecule has 0 aliphatic carbocycles. The molecule has 0 radical (unpaired) electrons. The number of nitrogens with zero attached hydrogens (tertiary/aromatic N) is 2. The minimum absolute atomic E-state index is 0.228. The Kier molecular flexibility index (Phi) is 5.34. The van der Waals surface area contributed by atoms with E-state index in [4.69, 9.17) is 21.6 Å². The molecule has 1 amide bonds. The first-order chi connectivity index (χ1) is 13.0. The number of hydrogen-bond acceptors (Lipinski definition) is 5. The SMILES string of the molecule is Cc1cc(C(=O)OCC(=O)Nc2ccc(C#N)c(Cl)c2)c2ccccc2n1. The Hall–Kier alpha value is -3.43. The van der Waals surface area contributed by atoms with E-state index < -0.39 is 18.5 Å². The van der Waals surface area contributed by atoms with E-state index in [9.17, 15) is 9.59 Å². The number of hydrogen-bond donors (Lipinski definition) is 1. The summed E-state index contributed by atoms with van der Waals surface area (Å²) in [4.78, 5) is 28.8. The molecule has 27 heavy (non-hydrogen) atoms. The highest BCUT2D eigenvalue weighted by atomic mass is 35.5. The molecule has 0 fully saturated rings. The number of amides is 1. The van der Waals surface area contributed by atoms with Crippen LogP contribution in [0.1, 0.15) is 21.6 Å². The van der Waals surface area contributed by atoms with Gasteiger partial charge in [-0.2, -0.15) is 5.26 Å². The van der Waals surface area contributed by atoms with E-state index in [-0.39, 0.29) is 5.02 Å². The van der Waals surface area contributed by atoms with E-state index in [2.05, 4.69) is 10.3 Å². The predicted octanol–water partition coefficient (Wildman–Crippen LogP) is 3.86. The molecule has 134 valence electrons. The fourth-order valence-electron chi connectivity index (χ4n) is 2.57. The number of pyridine rings is 1. The average Bonchev–Trinajstić information content (AvgIpc) is 2.65. The molecule has 6 nitrogen and oxygen atoms in total. The monoisotopic (exact) mass is 379 g/mol. The highest BCUT2D eigenvalue weighted by Gasteiger charge is 2.15. The molecule has 1 aromatic heterocycles. The van der Waals surface area contributed by atoms with Gasteiger partial charge in [0.1, 0.15) is 6.07 Å². The number of benzene rings is 2. The van der Waals surface area contributed by atoms with Crippen LogP contribution in [0.3, 0.4) is 0 Å². The molecule has 2 aromatic carbocycles. The maximum Gasteiger partial charge on any atom is 0.339 e. The summed E-state index contributed by atoms with van der Waals surface area (Å²) in [6.07, 6.45) is 0. The van der Waals surface area contributed by atoms with E-state index in [0.717, 1.165) is 0 Å². The molecule has 3 rings (SSSR count). The third-order valence-electron chi connectivity index (χ3n) is 3.77. The number of aryl methyl sites for hydroxylation is 1. The summed E-state index contributed by atoms with van der Waals surface area (Å²) in [6, 6.07) is 15.3. The van der Waals surface area contributed by atoms with Gasteiger partial charge in [-0.1, -0.05) is 29.8 Å². The van der Waals surface area contributed by atoms with Crippen molar-refractivity contribution in [3.63, 3.8) is 0 Å². The van der Waals surface area contributed by atoms with Crippen molar-refractivity contribution in [1.82, 2.24) is 4.98 Å². The number of rotatable bonds is 4. The highest BCUT2D eigenvalue weighted by Crippen LogP contribution is 2.21. The van der Waals surface area contributed by atoms with Crippen LogP contribution >= 0.6 is 11.6 Å². The zero-order valence-electron chi connectivity index (χ0n) is 14.3. The summed E-state index contributed by atoms with van der Waals surface area (Å²) < 4.78 is 5.14. The topological polar surface area (TPSA) is 92.1 Å². The second-order valence-electron chi connectivity index (χ2n) is 5.76. The number of esters is 1. The standard InChI is InChI=1S/C20H14ClN3O3/c1-12-8-16(15-4-2-3-5-18(15)23-12)20(26)27-11-19(25)24-14-7-6-13(10-22)17(21)9-14/h2-9H,11H2,1H3,(H,24,25). The number of nitriles is 1. The van der Waals surface area contributed by atoms with Gasteiger partial charge in [-0.25, -0.2) is 4.79 Å². The third-order valence-corrected chi connectivity index (χ3v) is 4.08. The second kappa shape index (κ2) is 7.85. The van der Waals surface area contributed by atoms with Gasteiger partial charge in [0.25, 0.3) is 5.91 Å². The molecule has 0 bridgehead atoms. The Labute approximate surface area is 160 Å². The van der Waals surface area contributed by atoms with E-state index in [1.165, 1.54) is 12.1 Å². The van der Waals surface area contributed by atoms with Crippen LogP contribution in [-0.2, 0) is 9.53 Å². The lowest BCUT2D eigenvalue weighted by atomic mass is 10.1. The van der Waals surface area contributed by atoms with Gasteiger partial charge in [-0.05, 0) is 37.3 Å². The van der Waals surface area contributed by atoms with Gasteiger partial charge >= 0.3 is 5.97 Å². The van der Waals surface area contributed by atoms with E-state index in [1.807, 2.05) is 12.1 Å². The van der Waals surface area contributed by atoms with Crippen LogP contribution in [-0.4, -0.2) is 23.5 Å². The van der Waals surface area contributed by atoms with Gasteiger partial charge in [0.15, 0.2) is 6.61 Å². The van der Waals surface area contributed by atoms with Crippen molar-refractivity contribution in [2.45, 2.75) is 6.92 Å². The zero-order valence-corrected chi connectivity index (χ0v) is 15.1. The van der Waals surface area contributed by atoms with Gasteiger partial charge < -0.3 is 10.1 Å². The Morgan fingerprint density at radius 3 is 2.74 bits per heavy atom. The molecule has 0 spiro atoms. The number of fused-ring (bicyclic) bond motifs is 1. The quantitative estimate of drug-likeness (QED) is 0.695. The van der Waals surface area contributed by atoms with Crippen LogP contribution in [0.4, 0.5) is 5.69 Å². The molecule has 0 saturated heterocycles. The van der Waals surface area contributed by atoms with Crippen molar-refractivity contribution >= 4 is 40.1 Å². The fourth-order valence-corrected chi connectivity index (χ4v) is 2.79. The molecule has 3 aromatic rings. The second-order valence-corrected chi connectivity index (χ2v) is 6.17. The molecule has 0 aliphatic heterocycles. The van der Waals surface area contributed by atoms with Crippen LogP contribution in [0.5, 0.6) is 0 Å². The Balaban J connectivity index is 1.68. The molecule has 1 heterocycles. The Morgan fingerprint density at radius 2 is 2.00 bits per heavy atom. The van der Waals surface area contributed by atoms with Crippen molar-refractivity contribution in [2.75, 3.05) is 11.9 Å². The summed E-state index contributed by atoms with van der Waals surface area (Å²) in [5, 5.41) is 12.3.